The van der Waals surface area contributed by atoms with Crippen molar-refractivity contribution >= 4 is 6.03 Å². The van der Waals surface area contributed by atoms with Crippen molar-refractivity contribution < 1.29 is 9.90 Å². The summed E-state index contributed by atoms with van der Waals surface area (Å²) in [5, 5.41) is 13.0. The molecule has 1 aromatic rings. The highest BCUT2D eigenvalue weighted by molar-refractivity contribution is 5.75. The number of aliphatic hydroxyl groups is 1. The summed E-state index contributed by atoms with van der Waals surface area (Å²) in [6.07, 6.45) is 5.32. The third kappa shape index (κ3) is 2.63. The molecule has 0 aromatic heterocycles. The number of urea groups is 1. The van der Waals surface area contributed by atoms with Crippen molar-refractivity contribution in [2.24, 2.45) is 5.92 Å². The molecule has 0 bridgehead atoms. The first-order chi connectivity index (χ1) is 11.1. The molecule has 4 rings (SSSR count). The highest BCUT2D eigenvalue weighted by Crippen LogP contribution is 2.47. The first-order valence-electron chi connectivity index (χ1n) is 8.98. The van der Waals surface area contributed by atoms with Crippen molar-refractivity contribution in [2.45, 2.75) is 57.1 Å². The van der Waals surface area contributed by atoms with Gasteiger partial charge in [0.15, 0.2) is 0 Å². The van der Waals surface area contributed by atoms with Crippen LogP contribution >= 0.6 is 0 Å². The number of carbonyl (C=O) groups excluding carboxylic acids is 1. The number of hydrogen-bond acceptors (Lipinski definition) is 2. The number of hydrogen-bond donors (Lipinski definition) is 2. The smallest absolute Gasteiger partial charge is 0.317 e. The minimum absolute atomic E-state index is 0.0365. The van der Waals surface area contributed by atoms with E-state index in [0.717, 1.165) is 19.4 Å². The molecular weight excluding hydrogens is 288 g/mol. The Hall–Kier alpha value is -1.55. The standard InChI is InChI=1S/C19H26N2O2/c1-12(22)15-8-9-21(11-15)19(23)20-17-10-14-6-2-4-13-5-3-7-16(17)18(13)14/h3,5,7,12,14-15,17,22H,2,4,6,8-11H2,1H3,(H,20,23)/t12-,14+,15+,17-/m0/s1. The third-order valence-electron chi connectivity index (χ3n) is 6.02. The van der Waals surface area contributed by atoms with Crippen molar-refractivity contribution in [2.75, 3.05) is 13.1 Å². The van der Waals surface area contributed by atoms with Gasteiger partial charge in [0.2, 0.25) is 0 Å². The van der Waals surface area contributed by atoms with Crippen LogP contribution in [0.3, 0.4) is 0 Å². The number of nitrogens with one attached hydrogen (secondary N) is 1. The van der Waals surface area contributed by atoms with Crippen molar-refractivity contribution in [3.63, 3.8) is 0 Å². The summed E-state index contributed by atoms with van der Waals surface area (Å²) in [5.74, 6) is 0.849. The first-order valence-corrected chi connectivity index (χ1v) is 8.98. The van der Waals surface area contributed by atoms with E-state index in [1.807, 2.05) is 11.8 Å². The fraction of sp³-hybridized carbons (Fsp3) is 0.632. The Bertz CT molecular complexity index is 613. The average Bonchev–Trinajstić information content (AvgIpc) is 3.15. The molecule has 1 fully saturated rings. The minimum atomic E-state index is -0.332. The fourth-order valence-electron chi connectivity index (χ4n) is 4.73. The molecule has 0 saturated carbocycles. The zero-order chi connectivity index (χ0) is 16.0. The lowest BCUT2D eigenvalue weighted by Crippen LogP contribution is -2.40. The first kappa shape index (κ1) is 15.0. The zero-order valence-corrected chi connectivity index (χ0v) is 13.8. The Balaban J connectivity index is 1.47. The molecule has 0 unspecified atom stereocenters. The SMILES string of the molecule is C[C@H](O)[C@@H]1CCN(C(=O)N[C@H]2C[C@H]3CCCc4cccc2c43)C1. The molecule has 2 N–H and O–H groups in total. The van der Waals surface area contributed by atoms with Crippen molar-refractivity contribution in [3.8, 4) is 0 Å². The molecule has 0 radical (unpaired) electrons. The number of likely N-dealkylation sites (tertiary alicyclic amines) is 1. The van der Waals surface area contributed by atoms with Crippen LogP contribution in [-0.2, 0) is 6.42 Å². The Morgan fingerprint density at radius 3 is 3.04 bits per heavy atom. The summed E-state index contributed by atoms with van der Waals surface area (Å²) in [7, 11) is 0. The molecule has 2 amide bonds. The van der Waals surface area contributed by atoms with Crippen LogP contribution in [0.1, 0.15) is 61.3 Å². The number of benzene rings is 1. The molecule has 2 aliphatic carbocycles. The molecule has 1 heterocycles. The second-order valence-corrected chi connectivity index (χ2v) is 7.48. The van der Waals surface area contributed by atoms with Gasteiger partial charge in [-0.1, -0.05) is 18.2 Å². The van der Waals surface area contributed by atoms with E-state index in [1.165, 1.54) is 36.0 Å². The summed E-state index contributed by atoms with van der Waals surface area (Å²) in [4.78, 5) is 14.5. The van der Waals surface area contributed by atoms with Crippen LogP contribution in [0, 0.1) is 5.92 Å². The van der Waals surface area contributed by atoms with Crippen LogP contribution in [0.2, 0.25) is 0 Å². The van der Waals surface area contributed by atoms with Gasteiger partial charge >= 0.3 is 6.03 Å². The van der Waals surface area contributed by atoms with Crippen LogP contribution in [0.15, 0.2) is 18.2 Å². The van der Waals surface area contributed by atoms with E-state index < -0.39 is 0 Å². The predicted octanol–water partition coefficient (Wildman–Crippen LogP) is 2.96. The van der Waals surface area contributed by atoms with E-state index in [-0.39, 0.29) is 24.1 Å². The highest BCUT2D eigenvalue weighted by Gasteiger charge is 2.37. The second-order valence-electron chi connectivity index (χ2n) is 7.48. The van der Waals surface area contributed by atoms with Crippen LogP contribution in [0.5, 0.6) is 0 Å². The maximum Gasteiger partial charge on any atom is 0.317 e. The molecule has 4 heteroatoms. The van der Waals surface area contributed by atoms with Gasteiger partial charge in [0.1, 0.15) is 0 Å². The normalized spacial score (nSPS) is 30.2. The number of carbonyl (C=O) groups is 1. The van der Waals surface area contributed by atoms with Gasteiger partial charge < -0.3 is 15.3 Å². The van der Waals surface area contributed by atoms with Gasteiger partial charge in [-0.25, -0.2) is 4.79 Å². The molecule has 0 spiro atoms. The number of aliphatic hydroxyl groups excluding tert-OH is 1. The van der Waals surface area contributed by atoms with Gasteiger partial charge in [-0.3, -0.25) is 0 Å². The van der Waals surface area contributed by atoms with Crippen molar-refractivity contribution in [1.29, 1.82) is 0 Å². The van der Waals surface area contributed by atoms with Gasteiger partial charge in [0.25, 0.3) is 0 Å². The molecule has 4 nitrogen and oxygen atoms in total. The van der Waals surface area contributed by atoms with Crippen molar-refractivity contribution in [1.82, 2.24) is 10.2 Å². The molecule has 4 atom stereocenters. The number of amides is 2. The van der Waals surface area contributed by atoms with Crippen LogP contribution in [0.4, 0.5) is 4.79 Å². The van der Waals surface area contributed by atoms with E-state index in [1.54, 1.807) is 0 Å². The Labute approximate surface area is 137 Å². The predicted molar refractivity (Wildman–Crippen MR) is 89.4 cm³/mol. The molecule has 124 valence electrons. The maximum absolute atomic E-state index is 12.6. The summed E-state index contributed by atoms with van der Waals surface area (Å²) in [5.41, 5.74) is 4.35. The molecule has 23 heavy (non-hydrogen) atoms. The number of nitrogens with zero attached hydrogens (tertiary/aromatic N) is 1. The number of aryl methyl sites for hydroxylation is 1. The van der Waals surface area contributed by atoms with Crippen LogP contribution in [-0.4, -0.2) is 35.2 Å². The Morgan fingerprint density at radius 1 is 1.39 bits per heavy atom. The van der Waals surface area contributed by atoms with E-state index in [9.17, 15) is 9.90 Å². The van der Waals surface area contributed by atoms with Gasteiger partial charge in [0.05, 0.1) is 12.1 Å². The van der Waals surface area contributed by atoms with Gasteiger partial charge in [-0.15, -0.1) is 0 Å². The lowest BCUT2D eigenvalue weighted by atomic mass is 9.84. The maximum atomic E-state index is 12.6. The molecule has 1 aliphatic heterocycles. The lowest BCUT2D eigenvalue weighted by molar-refractivity contribution is 0.129. The number of rotatable bonds is 2. The van der Waals surface area contributed by atoms with Gasteiger partial charge in [-0.05, 0) is 61.6 Å². The highest BCUT2D eigenvalue weighted by atomic mass is 16.3. The quantitative estimate of drug-likeness (QED) is 0.882. The van der Waals surface area contributed by atoms with Gasteiger partial charge in [0, 0.05) is 19.0 Å². The molecule has 1 aromatic carbocycles. The van der Waals surface area contributed by atoms with E-state index in [0.29, 0.717) is 12.5 Å². The average molecular weight is 314 g/mol. The molecular formula is C19H26N2O2. The Kier molecular flexibility index (Phi) is 3.80. The fourth-order valence-corrected chi connectivity index (χ4v) is 4.73. The summed E-state index contributed by atoms with van der Waals surface area (Å²) >= 11 is 0. The monoisotopic (exact) mass is 314 g/mol. The van der Waals surface area contributed by atoms with E-state index in [4.69, 9.17) is 0 Å². The minimum Gasteiger partial charge on any atom is -0.393 e. The van der Waals surface area contributed by atoms with Crippen LogP contribution in [0.25, 0.3) is 0 Å². The van der Waals surface area contributed by atoms with Crippen LogP contribution < -0.4 is 5.32 Å². The summed E-state index contributed by atoms with van der Waals surface area (Å²) in [6, 6.07) is 6.78. The molecule has 3 aliphatic rings. The van der Waals surface area contributed by atoms with E-state index in [2.05, 4.69) is 23.5 Å². The second kappa shape index (κ2) is 5.82. The molecule has 1 saturated heterocycles. The lowest BCUT2D eigenvalue weighted by Gasteiger charge is -2.22. The summed E-state index contributed by atoms with van der Waals surface area (Å²) in [6.45, 7) is 3.25. The topological polar surface area (TPSA) is 52.6 Å². The van der Waals surface area contributed by atoms with Crippen molar-refractivity contribution in [3.05, 3.63) is 34.9 Å². The summed E-state index contributed by atoms with van der Waals surface area (Å²) < 4.78 is 0. The Morgan fingerprint density at radius 2 is 2.26 bits per heavy atom. The van der Waals surface area contributed by atoms with E-state index >= 15 is 0 Å². The third-order valence-corrected chi connectivity index (χ3v) is 6.02. The zero-order valence-electron chi connectivity index (χ0n) is 13.8. The largest absolute Gasteiger partial charge is 0.393 e. The van der Waals surface area contributed by atoms with Gasteiger partial charge in [-0.2, -0.15) is 0 Å².